The van der Waals surface area contributed by atoms with Crippen molar-refractivity contribution in [1.29, 1.82) is 0 Å². The zero-order chi connectivity index (χ0) is 19.1. The van der Waals surface area contributed by atoms with Gasteiger partial charge in [-0.1, -0.05) is 12.1 Å². The summed E-state index contributed by atoms with van der Waals surface area (Å²) < 4.78 is 16.1. The van der Waals surface area contributed by atoms with Gasteiger partial charge in [0.25, 0.3) is 5.91 Å². The molecule has 0 saturated carbocycles. The number of carbonyl (C=O) groups is 1. The van der Waals surface area contributed by atoms with Gasteiger partial charge >= 0.3 is 0 Å². The van der Waals surface area contributed by atoms with Gasteiger partial charge in [0.1, 0.15) is 5.75 Å². The highest BCUT2D eigenvalue weighted by Crippen LogP contribution is 2.27. The minimum atomic E-state index is -0.165. The van der Waals surface area contributed by atoms with Gasteiger partial charge in [-0.15, -0.1) is 0 Å². The fourth-order valence-corrected chi connectivity index (χ4v) is 2.73. The Balaban J connectivity index is 1.46. The molecule has 0 aliphatic heterocycles. The first-order valence-corrected chi connectivity index (χ1v) is 8.65. The van der Waals surface area contributed by atoms with E-state index in [-0.39, 0.29) is 12.5 Å². The Morgan fingerprint density at radius 3 is 2.70 bits per heavy atom. The number of aromatic nitrogens is 1. The fraction of sp³-hybridized carbons (Fsp3) is 0.238. The molecule has 3 aromatic rings. The molecule has 1 heterocycles. The van der Waals surface area contributed by atoms with Gasteiger partial charge in [0.15, 0.2) is 18.1 Å². The maximum atomic E-state index is 12.0. The third-order valence-electron chi connectivity index (χ3n) is 4.13. The fourth-order valence-electron chi connectivity index (χ4n) is 2.73. The van der Waals surface area contributed by atoms with Crippen LogP contribution in [-0.2, 0) is 11.2 Å². The first-order valence-electron chi connectivity index (χ1n) is 8.65. The number of amides is 1. The summed E-state index contributed by atoms with van der Waals surface area (Å²) in [5.74, 6) is 1.84. The van der Waals surface area contributed by atoms with E-state index in [0.29, 0.717) is 30.2 Å². The Morgan fingerprint density at radius 1 is 1.04 bits per heavy atom. The average Bonchev–Trinajstić information content (AvgIpc) is 2.72. The highest BCUT2D eigenvalue weighted by Gasteiger charge is 2.06. The van der Waals surface area contributed by atoms with Crippen molar-refractivity contribution in [3.63, 3.8) is 0 Å². The molecule has 1 N–H and O–H groups in total. The van der Waals surface area contributed by atoms with Gasteiger partial charge in [0.05, 0.1) is 19.7 Å². The van der Waals surface area contributed by atoms with Crippen LogP contribution in [0.3, 0.4) is 0 Å². The van der Waals surface area contributed by atoms with Crippen molar-refractivity contribution < 1.29 is 19.0 Å². The Bertz CT molecular complexity index is 927. The lowest BCUT2D eigenvalue weighted by Crippen LogP contribution is -2.30. The zero-order valence-corrected chi connectivity index (χ0v) is 15.4. The van der Waals surface area contributed by atoms with Crippen LogP contribution < -0.4 is 19.5 Å². The molecule has 0 unspecified atom stereocenters. The summed E-state index contributed by atoms with van der Waals surface area (Å²) in [6.07, 6.45) is 2.43. The normalized spacial score (nSPS) is 10.4. The number of hydrogen-bond donors (Lipinski definition) is 1. The van der Waals surface area contributed by atoms with Crippen molar-refractivity contribution in [3.05, 3.63) is 60.3 Å². The Kier molecular flexibility index (Phi) is 6.10. The number of pyridine rings is 1. The molecule has 0 fully saturated rings. The summed E-state index contributed by atoms with van der Waals surface area (Å²) in [5.41, 5.74) is 1.94. The van der Waals surface area contributed by atoms with Crippen molar-refractivity contribution in [1.82, 2.24) is 10.3 Å². The monoisotopic (exact) mass is 366 g/mol. The molecule has 0 radical (unpaired) electrons. The van der Waals surface area contributed by atoms with Crippen LogP contribution in [0.25, 0.3) is 10.9 Å². The number of nitrogens with zero attached hydrogens (tertiary/aromatic N) is 1. The van der Waals surface area contributed by atoms with Crippen molar-refractivity contribution >= 4 is 16.8 Å². The van der Waals surface area contributed by atoms with Gasteiger partial charge in [0.2, 0.25) is 0 Å². The Labute approximate surface area is 158 Å². The second-order valence-corrected chi connectivity index (χ2v) is 5.94. The molecule has 1 amide bonds. The van der Waals surface area contributed by atoms with Gasteiger partial charge < -0.3 is 19.5 Å². The SMILES string of the molecule is COc1ccc(CCNC(=O)COc2ccc3ncccc3c2)cc1OC. The Hall–Kier alpha value is -3.28. The summed E-state index contributed by atoms with van der Waals surface area (Å²) in [4.78, 5) is 16.3. The first-order chi connectivity index (χ1) is 13.2. The third-order valence-corrected chi connectivity index (χ3v) is 4.13. The van der Waals surface area contributed by atoms with E-state index < -0.39 is 0 Å². The average molecular weight is 366 g/mol. The second-order valence-electron chi connectivity index (χ2n) is 5.94. The summed E-state index contributed by atoms with van der Waals surface area (Å²) >= 11 is 0. The number of rotatable bonds is 8. The lowest BCUT2D eigenvalue weighted by Gasteiger charge is -2.10. The number of benzene rings is 2. The van der Waals surface area contributed by atoms with E-state index >= 15 is 0 Å². The van der Waals surface area contributed by atoms with Crippen molar-refractivity contribution in [3.8, 4) is 17.2 Å². The molecule has 1 aromatic heterocycles. The molecule has 3 rings (SSSR count). The van der Waals surface area contributed by atoms with Gasteiger partial charge in [-0.25, -0.2) is 0 Å². The molecule has 0 bridgehead atoms. The maximum Gasteiger partial charge on any atom is 0.257 e. The highest BCUT2D eigenvalue weighted by molar-refractivity contribution is 5.80. The van der Waals surface area contributed by atoms with Gasteiger partial charge in [-0.05, 0) is 48.4 Å². The van der Waals surface area contributed by atoms with Crippen LogP contribution in [0.15, 0.2) is 54.7 Å². The zero-order valence-electron chi connectivity index (χ0n) is 15.4. The van der Waals surface area contributed by atoms with E-state index in [2.05, 4.69) is 10.3 Å². The molecular formula is C21H22N2O4. The maximum absolute atomic E-state index is 12.0. The lowest BCUT2D eigenvalue weighted by atomic mass is 10.1. The van der Waals surface area contributed by atoms with E-state index in [1.165, 1.54) is 0 Å². The van der Waals surface area contributed by atoms with E-state index in [1.54, 1.807) is 20.4 Å². The lowest BCUT2D eigenvalue weighted by molar-refractivity contribution is -0.123. The molecule has 0 aliphatic rings. The predicted molar refractivity (Wildman–Crippen MR) is 103 cm³/mol. The van der Waals surface area contributed by atoms with E-state index in [9.17, 15) is 4.79 Å². The first kappa shape index (κ1) is 18.5. The molecule has 0 saturated heterocycles. The number of methoxy groups -OCH3 is 2. The predicted octanol–water partition coefficient (Wildman–Crippen LogP) is 2.99. The minimum absolute atomic E-state index is 0.0301. The molecular weight excluding hydrogens is 344 g/mol. The summed E-state index contributed by atoms with van der Waals surface area (Å²) in [7, 11) is 3.20. The molecule has 0 spiro atoms. The van der Waals surface area contributed by atoms with E-state index in [1.807, 2.05) is 48.5 Å². The van der Waals surface area contributed by atoms with Crippen LogP contribution in [0.5, 0.6) is 17.2 Å². The van der Waals surface area contributed by atoms with E-state index in [4.69, 9.17) is 14.2 Å². The van der Waals surface area contributed by atoms with Crippen LogP contribution >= 0.6 is 0 Å². The van der Waals surface area contributed by atoms with Gasteiger partial charge in [0, 0.05) is 18.1 Å². The summed E-state index contributed by atoms with van der Waals surface area (Å²) in [6.45, 7) is 0.483. The summed E-state index contributed by atoms with van der Waals surface area (Å²) in [6, 6.07) is 15.1. The number of hydrogen-bond acceptors (Lipinski definition) is 5. The largest absolute Gasteiger partial charge is 0.493 e. The number of nitrogens with one attached hydrogen (secondary N) is 1. The minimum Gasteiger partial charge on any atom is -0.493 e. The van der Waals surface area contributed by atoms with Crippen LogP contribution in [0.4, 0.5) is 0 Å². The van der Waals surface area contributed by atoms with Gasteiger partial charge in [-0.3, -0.25) is 9.78 Å². The number of ether oxygens (including phenoxy) is 3. The number of carbonyl (C=O) groups excluding carboxylic acids is 1. The molecule has 0 aliphatic carbocycles. The second kappa shape index (κ2) is 8.89. The smallest absolute Gasteiger partial charge is 0.257 e. The van der Waals surface area contributed by atoms with Crippen molar-refractivity contribution in [2.24, 2.45) is 0 Å². The molecule has 6 heteroatoms. The quantitative estimate of drug-likeness (QED) is 0.664. The third kappa shape index (κ3) is 4.88. The molecule has 27 heavy (non-hydrogen) atoms. The molecule has 140 valence electrons. The van der Waals surface area contributed by atoms with Crippen molar-refractivity contribution in [2.75, 3.05) is 27.4 Å². The highest BCUT2D eigenvalue weighted by atomic mass is 16.5. The van der Waals surface area contributed by atoms with Crippen LogP contribution in [0, 0.1) is 0 Å². The molecule has 6 nitrogen and oxygen atoms in total. The summed E-state index contributed by atoms with van der Waals surface area (Å²) in [5, 5.41) is 3.83. The van der Waals surface area contributed by atoms with Crippen molar-refractivity contribution in [2.45, 2.75) is 6.42 Å². The number of fused-ring (bicyclic) bond motifs is 1. The van der Waals surface area contributed by atoms with Crippen LogP contribution in [-0.4, -0.2) is 38.3 Å². The van der Waals surface area contributed by atoms with Crippen LogP contribution in [0.2, 0.25) is 0 Å². The molecule has 2 aromatic carbocycles. The standard InChI is InChI=1S/C21H22N2O4/c1-25-19-8-5-15(12-20(19)26-2)9-11-23-21(24)14-27-17-6-7-18-16(13-17)4-3-10-22-18/h3-8,10,12-13H,9,11,14H2,1-2H3,(H,23,24). The van der Waals surface area contributed by atoms with Crippen LogP contribution in [0.1, 0.15) is 5.56 Å². The topological polar surface area (TPSA) is 69.7 Å². The Morgan fingerprint density at radius 2 is 1.89 bits per heavy atom. The molecule has 0 atom stereocenters. The van der Waals surface area contributed by atoms with E-state index in [0.717, 1.165) is 16.5 Å². The van der Waals surface area contributed by atoms with Gasteiger partial charge in [-0.2, -0.15) is 0 Å².